The highest BCUT2D eigenvalue weighted by Gasteiger charge is 2.29. The minimum atomic E-state index is -0.894. The molecule has 2 aliphatic rings. The topological polar surface area (TPSA) is 105 Å². The van der Waals surface area contributed by atoms with Crippen molar-refractivity contribution in [1.29, 1.82) is 0 Å². The van der Waals surface area contributed by atoms with Crippen molar-refractivity contribution in [2.24, 2.45) is 5.92 Å². The largest absolute Gasteiger partial charge is 0.481 e. The molecule has 2 aromatic rings. The van der Waals surface area contributed by atoms with E-state index in [1.807, 2.05) is 24.3 Å². The molecule has 1 fully saturated rings. The van der Waals surface area contributed by atoms with Crippen LogP contribution < -0.4 is 10.6 Å². The molecule has 180 valence electrons. The van der Waals surface area contributed by atoms with Crippen LogP contribution in [-0.4, -0.2) is 42.3 Å². The Morgan fingerprint density at radius 2 is 1.59 bits per heavy atom. The average Bonchev–Trinajstić information content (AvgIpc) is 3.47. The maximum atomic E-state index is 12.3. The fourth-order valence-corrected chi connectivity index (χ4v) is 5.25. The third kappa shape index (κ3) is 5.76. The number of ether oxygens (including phenoxy) is 1. The van der Waals surface area contributed by atoms with Crippen molar-refractivity contribution in [2.45, 2.75) is 56.9 Å². The summed E-state index contributed by atoms with van der Waals surface area (Å²) in [6.07, 6.45) is 4.23. The number of hydrogen-bond donors (Lipinski definition) is 3. The lowest BCUT2D eigenvalue weighted by Gasteiger charge is -2.23. The Hall–Kier alpha value is -3.35. The molecule has 0 radical (unpaired) electrons. The van der Waals surface area contributed by atoms with Gasteiger partial charge in [0.05, 0.1) is 6.42 Å². The summed E-state index contributed by atoms with van der Waals surface area (Å²) in [6.45, 7) is 0.565. The van der Waals surface area contributed by atoms with Gasteiger partial charge in [-0.2, -0.15) is 0 Å². The molecule has 0 aromatic heterocycles. The number of carboxylic acids is 1. The summed E-state index contributed by atoms with van der Waals surface area (Å²) in [7, 11) is 0. The van der Waals surface area contributed by atoms with Crippen molar-refractivity contribution in [1.82, 2.24) is 10.6 Å². The van der Waals surface area contributed by atoms with Crippen molar-refractivity contribution in [3.63, 3.8) is 0 Å². The molecule has 0 saturated heterocycles. The zero-order valence-electron chi connectivity index (χ0n) is 19.3. The standard InChI is InChI=1S/C27H32N2O5/c30-25(29-24(16-26(31)32)18-8-1-2-9-18)14-7-15-28-27(33)34-17-23-21-12-5-3-10-19(21)20-11-4-6-13-22(20)23/h3-6,10-13,18,23-24H,1-2,7-9,14-17H2,(H,28,33)(H,29,30)(H,31,32). The van der Waals surface area contributed by atoms with Gasteiger partial charge in [0.25, 0.3) is 0 Å². The lowest BCUT2D eigenvalue weighted by atomic mass is 9.95. The van der Waals surface area contributed by atoms with Crippen molar-refractivity contribution in [2.75, 3.05) is 13.2 Å². The second kappa shape index (κ2) is 11.2. The van der Waals surface area contributed by atoms with Gasteiger partial charge in [-0.3, -0.25) is 9.59 Å². The van der Waals surface area contributed by atoms with Crippen LogP contribution in [0.25, 0.3) is 11.1 Å². The summed E-state index contributed by atoms with van der Waals surface area (Å²) in [6, 6.07) is 16.0. The van der Waals surface area contributed by atoms with Crippen LogP contribution in [0.5, 0.6) is 0 Å². The van der Waals surface area contributed by atoms with E-state index in [4.69, 9.17) is 9.84 Å². The molecule has 3 N–H and O–H groups in total. The Morgan fingerprint density at radius 3 is 2.21 bits per heavy atom. The first-order chi connectivity index (χ1) is 16.5. The zero-order valence-corrected chi connectivity index (χ0v) is 19.3. The molecular weight excluding hydrogens is 432 g/mol. The maximum absolute atomic E-state index is 12.3. The molecule has 0 bridgehead atoms. The summed E-state index contributed by atoms with van der Waals surface area (Å²) >= 11 is 0. The van der Waals surface area contributed by atoms with Crippen LogP contribution in [-0.2, 0) is 14.3 Å². The first-order valence-corrected chi connectivity index (χ1v) is 12.1. The third-order valence-corrected chi connectivity index (χ3v) is 6.90. The third-order valence-electron chi connectivity index (χ3n) is 6.90. The number of nitrogens with one attached hydrogen (secondary N) is 2. The van der Waals surface area contributed by atoms with E-state index in [1.54, 1.807) is 0 Å². The fraction of sp³-hybridized carbons (Fsp3) is 0.444. The summed E-state index contributed by atoms with van der Waals surface area (Å²) < 4.78 is 5.51. The Balaban J connectivity index is 1.19. The van der Waals surface area contributed by atoms with E-state index < -0.39 is 12.1 Å². The SMILES string of the molecule is O=C(O)CC(NC(=O)CCCNC(=O)OCC1c2ccccc2-c2ccccc21)C1CCCC1. The highest BCUT2D eigenvalue weighted by atomic mass is 16.5. The zero-order chi connectivity index (χ0) is 23.9. The molecule has 1 saturated carbocycles. The van der Waals surface area contributed by atoms with Crippen molar-refractivity contribution in [3.8, 4) is 11.1 Å². The number of hydrogen-bond acceptors (Lipinski definition) is 4. The van der Waals surface area contributed by atoms with Gasteiger partial charge in [-0.1, -0.05) is 61.4 Å². The summed E-state index contributed by atoms with van der Waals surface area (Å²) in [5.74, 6) is -0.828. The quantitative estimate of drug-likeness (QED) is 0.451. The van der Waals surface area contributed by atoms with Gasteiger partial charge < -0.3 is 20.5 Å². The number of benzene rings is 2. The Bertz CT molecular complexity index is 986. The molecule has 34 heavy (non-hydrogen) atoms. The van der Waals surface area contributed by atoms with Crippen LogP contribution >= 0.6 is 0 Å². The van der Waals surface area contributed by atoms with E-state index in [0.717, 1.165) is 36.8 Å². The predicted molar refractivity (Wildman–Crippen MR) is 128 cm³/mol. The second-order valence-electron chi connectivity index (χ2n) is 9.17. The molecule has 2 aromatic carbocycles. The van der Waals surface area contributed by atoms with Crippen LogP contribution in [0.4, 0.5) is 4.79 Å². The van der Waals surface area contributed by atoms with Gasteiger partial charge in [0.2, 0.25) is 5.91 Å². The minimum absolute atomic E-state index is 0.00526. The maximum Gasteiger partial charge on any atom is 0.407 e. The molecule has 0 aliphatic heterocycles. The van der Waals surface area contributed by atoms with Crippen LogP contribution in [0.2, 0.25) is 0 Å². The number of alkyl carbamates (subject to hydrolysis) is 1. The molecule has 4 rings (SSSR count). The van der Waals surface area contributed by atoms with Crippen molar-refractivity contribution >= 4 is 18.0 Å². The van der Waals surface area contributed by atoms with Crippen LogP contribution in [0.15, 0.2) is 48.5 Å². The molecule has 1 unspecified atom stereocenters. The van der Waals surface area contributed by atoms with E-state index in [-0.39, 0.29) is 43.2 Å². The Labute approximate surface area is 199 Å². The van der Waals surface area contributed by atoms with Gasteiger partial charge in [-0.15, -0.1) is 0 Å². The number of fused-ring (bicyclic) bond motifs is 3. The lowest BCUT2D eigenvalue weighted by molar-refractivity contribution is -0.138. The summed E-state index contributed by atoms with van der Waals surface area (Å²) in [5.41, 5.74) is 4.67. The van der Waals surface area contributed by atoms with Gasteiger partial charge >= 0.3 is 12.1 Å². The van der Waals surface area contributed by atoms with Crippen LogP contribution in [0.3, 0.4) is 0 Å². The molecule has 2 aliphatic carbocycles. The molecular formula is C27H32N2O5. The molecule has 7 nitrogen and oxygen atoms in total. The average molecular weight is 465 g/mol. The van der Waals surface area contributed by atoms with E-state index in [9.17, 15) is 14.4 Å². The smallest absolute Gasteiger partial charge is 0.407 e. The minimum Gasteiger partial charge on any atom is -0.481 e. The first-order valence-electron chi connectivity index (χ1n) is 12.1. The number of carboxylic acid groups (broad SMARTS) is 1. The van der Waals surface area contributed by atoms with Crippen molar-refractivity contribution < 1.29 is 24.2 Å². The van der Waals surface area contributed by atoms with Gasteiger partial charge in [0.1, 0.15) is 6.61 Å². The Morgan fingerprint density at radius 1 is 0.971 bits per heavy atom. The van der Waals surface area contributed by atoms with Crippen LogP contribution in [0.1, 0.15) is 62.0 Å². The molecule has 1 atom stereocenters. The van der Waals surface area contributed by atoms with Gasteiger partial charge in [-0.05, 0) is 47.4 Å². The number of aliphatic carboxylic acids is 1. The van der Waals surface area contributed by atoms with Gasteiger partial charge in [0.15, 0.2) is 0 Å². The monoisotopic (exact) mass is 464 g/mol. The predicted octanol–water partition coefficient (Wildman–Crippen LogP) is 4.46. The lowest BCUT2D eigenvalue weighted by Crippen LogP contribution is -2.41. The number of carbonyl (C=O) groups is 3. The van der Waals surface area contributed by atoms with Gasteiger partial charge in [0, 0.05) is 24.9 Å². The number of amides is 2. The normalized spacial score (nSPS) is 15.9. The van der Waals surface area contributed by atoms with Crippen LogP contribution in [0, 0.1) is 5.92 Å². The molecule has 0 spiro atoms. The van der Waals surface area contributed by atoms with E-state index >= 15 is 0 Å². The summed E-state index contributed by atoms with van der Waals surface area (Å²) in [4.78, 5) is 35.7. The number of carbonyl (C=O) groups excluding carboxylic acids is 2. The van der Waals surface area contributed by atoms with E-state index in [0.29, 0.717) is 13.0 Å². The molecule has 7 heteroatoms. The van der Waals surface area contributed by atoms with Crippen molar-refractivity contribution in [3.05, 3.63) is 59.7 Å². The first kappa shape index (κ1) is 23.8. The highest BCUT2D eigenvalue weighted by Crippen LogP contribution is 2.44. The van der Waals surface area contributed by atoms with E-state index in [2.05, 4.69) is 34.9 Å². The molecule has 2 amide bonds. The number of rotatable bonds is 10. The highest BCUT2D eigenvalue weighted by molar-refractivity contribution is 5.79. The second-order valence-corrected chi connectivity index (χ2v) is 9.17. The Kier molecular flexibility index (Phi) is 7.83. The fourth-order valence-electron chi connectivity index (χ4n) is 5.25. The van der Waals surface area contributed by atoms with E-state index in [1.165, 1.54) is 11.1 Å². The summed E-state index contributed by atoms with van der Waals surface area (Å²) in [5, 5.41) is 14.8. The molecule has 0 heterocycles. The van der Waals surface area contributed by atoms with Gasteiger partial charge in [-0.25, -0.2) is 4.79 Å².